The van der Waals surface area contributed by atoms with E-state index in [2.05, 4.69) is 4.90 Å². The number of carbonyl (C=O) groups excluding carboxylic acids is 2. The Morgan fingerprint density at radius 3 is 2.33 bits per heavy atom. The minimum atomic E-state index is 0.549. The molecule has 0 aromatic heterocycles. The summed E-state index contributed by atoms with van der Waals surface area (Å²) in [6.45, 7) is 2.49. The van der Waals surface area contributed by atoms with E-state index in [0.29, 0.717) is 18.9 Å². The first-order valence-electron chi connectivity index (χ1n) is 4.46. The van der Waals surface area contributed by atoms with Gasteiger partial charge < -0.3 is 9.59 Å². The van der Waals surface area contributed by atoms with E-state index in [1.54, 1.807) is 0 Å². The third-order valence-electron chi connectivity index (χ3n) is 2.47. The van der Waals surface area contributed by atoms with E-state index < -0.39 is 0 Å². The number of rotatable bonds is 4. The SMILES string of the molecule is O=CCC1CCN(CC=O)CC1. The molecule has 0 saturated carbocycles. The van der Waals surface area contributed by atoms with Crippen molar-refractivity contribution < 1.29 is 9.59 Å². The Bertz CT molecular complexity index is 133. The molecule has 0 atom stereocenters. The molecule has 0 aromatic rings. The van der Waals surface area contributed by atoms with Crippen molar-refractivity contribution in [1.29, 1.82) is 0 Å². The highest BCUT2D eigenvalue weighted by Crippen LogP contribution is 2.18. The van der Waals surface area contributed by atoms with Crippen molar-refractivity contribution in [2.45, 2.75) is 19.3 Å². The van der Waals surface area contributed by atoms with Crippen LogP contribution in [-0.2, 0) is 9.59 Å². The lowest BCUT2D eigenvalue weighted by Gasteiger charge is -2.29. The molecule has 68 valence electrons. The number of aldehydes is 2. The van der Waals surface area contributed by atoms with E-state index >= 15 is 0 Å². The van der Waals surface area contributed by atoms with Crippen LogP contribution in [0.3, 0.4) is 0 Å². The van der Waals surface area contributed by atoms with Gasteiger partial charge in [0.05, 0.1) is 6.54 Å². The van der Waals surface area contributed by atoms with Crippen molar-refractivity contribution in [3.63, 3.8) is 0 Å². The summed E-state index contributed by atoms with van der Waals surface area (Å²) in [7, 11) is 0. The van der Waals surface area contributed by atoms with E-state index in [4.69, 9.17) is 0 Å². The first-order chi connectivity index (χ1) is 5.86. The standard InChI is InChI=1S/C9H15NO2/c11-7-3-9-1-4-10(5-2-9)6-8-12/h7-9H,1-6H2. The zero-order chi connectivity index (χ0) is 8.81. The summed E-state index contributed by atoms with van der Waals surface area (Å²) in [6.07, 6.45) is 4.76. The molecule has 3 heteroatoms. The number of hydrogen-bond acceptors (Lipinski definition) is 3. The van der Waals surface area contributed by atoms with Crippen molar-refractivity contribution in [2.75, 3.05) is 19.6 Å². The van der Waals surface area contributed by atoms with Crippen LogP contribution in [0.15, 0.2) is 0 Å². The Hall–Kier alpha value is -0.700. The van der Waals surface area contributed by atoms with Gasteiger partial charge >= 0.3 is 0 Å². The van der Waals surface area contributed by atoms with Gasteiger partial charge in [-0.05, 0) is 31.8 Å². The molecule has 1 heterocycles. The number of hydrogen-bond donors (Lipinski definition) is 0. The van der Waals surface area contributed by atoms with Gasteiger partial charge in [0.15, 0.2) is 0 Å². The van der Waals surface area contributed by atoms with Gasteiger partial charge in [-0.25, -0.2) is 0 Å². The van der Waals surface area contributed by atoms with Gasteiger partial charge in [0, 0.05) is 6.42 Å². The van der Waals surface area contributed by atoms with Gasteiger partial charge in [0.2, 0.25) is 0 Å². The topological polar surface area (TPSA) is 37.4 Å². The van der Waals surface area contributed by atoms with Crippen LogP contribution in [0.2, 0.25) is 0 Å². The van der Waals surface area contributed by atoms with E-state index in [1.807, 2.05) is 0 Å². The maximum Gasteiger partial charge on any atom is 0.133 e. The first-order valence-corrected chi connectivity index (χ1v) is 4.46. The van der Waals surface area contributed by atoms with Crippen LogP contribution in [0.5, 0.6) is 0 Å². The molecule has 3 nitrogen and oxygen atoms in total. The summed E-state index contributed by atoms with van der Waals surface area (Å²) in [4.78, 5) is 22.5. The van der Waals surface area contributed by atoms with Crippen LogP contribution in [-0.4, -0.2) is 37.1 Å². The third-order valence-corrected chi connectivity index (χ3v) is 2.47. The summed E-state index contributed by atoms with van der Waals surface area (Å²) in [6, 6.07) is 0. The van der Waals surface area contributed by atoms with Gasteiger partial charge in [-0.1, -0.05) is 0 Å². The minimum absolute atomic E-state index is 0.549. The Kier molecular flexibility index (Phi) is 3.94. The van der Waals surface area contributed by atoms with Crippen molar-refractivity contribution in [3.8, 4) is 0 Å². The van der Waals surface area contributed by atoms with Crippen LogP contribution in [0.1, 0.15) is 19.3 Å². The predicted molar refractivity (Wildman–Crippen MR) is 45.9 cm³/mol. The zero-order valence-electron chi connectivity index (χ0n) is 7.24. The lowest BCUT2D eigenvalue weighted by molar-refractivity contribution is -0.110. The summed E-state index contributed by atoms with van der Waals surface area (Å²) in [5.74, 6) is 0.561. The van der Waals surface area contributed by atoms with E-state index in [0.717, 1.165) is 38.5 Å². The average Bonchev–Trinajstić information content (AvgIpc) is 2.09. The van der Waals surface area contributed by atoms with Crippen LogP contribution in [0.4, 0.5) is 0 Å². The Balaban J connectivity index is 2.19. The van der Waals surface area contributed by atoms with Crippen LogP contribution < -0.4 is 0 Å². The molecule has 0 aromatic carbocycles. The second kappa shape index (κ2) is 5.04. The highest BCUT2D eigenvalue weighted by atomic mass is 16.1. The predicted octanol–water partition coefficient (Wildman–Crippen LogP) is 0.486. The van der Waals surface area contributed by atoms with Crippen LogP contribution in [0.25, 0.3) is 0 Å². The number of nitrogens with zero attached hydrogens (tertiary/aromatic N) is 1. The van der Waals surface area contributed by atoms with Crippen molar-refractivity contribution >= 4 is 12.6 Å². The summed E-state index contributed by atoms with van der Waals surface area (Å²) in [5.41, 5.74) is 0. The quantitative estimate of drug-likeness (QED) is 0.575. The van der Waals surface area contributed by atoms with Crippen molar-refractivity contribution in [3.05, 3.63) is 0 Å². The maximum absolute atomic E-state index is 10.2. The van der Waals surface area contributed by atoms with Crippen molar-refractivity contribution in [1.82, 2.24) is 4.90 Å². The molecule has 1 saturated heterocycles. The Labute approximate surface area is 72.7 Å². The highest BCUT2D eigenvalue weighted by Gasteiger charge is 2.17. The Morgan fingerprint density at radius 1 is 1.17 bits per heavy atom. The van der Waals surface area contributed by atoms with Gasteiger partial charge in [-0.15, -0.1) is 0 Å². The largest absolute Gasteiger partial charge is 0.303 e. The number of likely N-dealkylation sites (tertiary alicyclic amines) is 1. The molecule has 0 bridgehead atoms. The molecule has 0 amide bonds. The second-order valence-corrected chi connectivity index (χ2v) is 3.31. The average molecular weight is 169 g/mol. The number of carbonyl (C=O) groups is 2. The zero-order valence-corrected chi connectivity index (χ0v) is 7.24. The smallest absolute Gasteiger partial charge is 0.133 e. The van der Waals surface area contributed by atoms with E-state index in [-0.39, 0.29) is 0 Å². The number of piperidine rings is 1. The molecule has 0 spiro atoms. The first kappa shape index (κ1) is 9.39. The van der Waals surface area contributed by atoms with Gasteiger partial charge in [0.25, 0.3) is 0 Å². The van der Waals surface area contributed by atoms with Crippen LogP contribution in [0, 0.1) is 5.92 Å². The molecule has 0 radical (unpaired) electrons. The third kappa shape index (κ3) is 2.74. The summed E-state index contributed by atoms with van der Waals surface area (Å²) >= 11 is 0. The normalized spacial score (nSPS) is 20.7. The highest BCUT2D eigenvalue weighted by molar-refractivity contribution is 5.52. The van der Waals surface area contributed by atoms with Gasteiger partial charge in [0.1, 0.15) is 12.6 Å². The van der Waals surface area contributed by atoms with Gasteiger partial charge in [-0.3, -0.25) is 4.90 Å². The lowest BCUT2D eigenvalue weighted by atomic mass is 9.94. The molecular formula is C9H15NO2. The monoisotopic (exact) mass is 169 g/mol. The van der Waals surface area contributed by atoms with Crippen LogP contribution >= 0.6 is 0 Å². The molecule has 0 unspecified atom stereocenters. The van der Waals surface area contributed by atoms with Gasteiger partial charge in [-0.2, -0.15) is 0 Å². The second-order valence-electron chi connectivity index (χ2n) is 3.31. The molecule has 0 N–H and O–H groups in total. The molecule has 1 fully saturated rings. The molecular weight excluding hydrogens is 154 g/mol. The lowest BCUT2D eigenvalue weighted by Crippen LogP contribution is -2.34. The molecule has 12 heavy (non-hydrogen) atoms. The fraction of sp³-hybridized carbons (Fsp3) is 0.778. The maximum atomic E-state index is 10.2. The molecule has 0 aliphatic carbocycles. The minimum Gasteiger partial charge on any atom is -0.303 e. The molecule has 1 aliphatic rings. The molecule has 1 rings (SSSR count). The van der Waals surface area contributed by atoms with E-state index in [1.165, 1.54) is 0 Å². The summed E-state index contributed by atoms with van der Waals surface area (Å²) < 4.78 is 0. The Morgan fingerprint density at radius 2 is 1.83 bits per heavy atom. The van der Waals surface area contributed by atoms with E-state index in [9.17, 15) is 9.59 Å². The fourth-order valence-electron chi connectivity index (χ4n) is 1.65. The van der Waals surface area contributed by atoms with Crippen molar-refractivity contribution in [2.24, 2.45) is 5.92 Å². The summed E-state index contributed by atoms with van der Waals surface area (Å²) in [5, 5.41) is 0. The molecule has 1 aliphatic heterocycles. The fourth-order valence-corrected chi connectivity index (χ4v) is 1.65.